The van der Waals surface area contributed by atoms with E-state index in [0.29, 0.717) is 0 Å². The minimum absolute atomic E-state index is 0. The van der Waals surface area contributed by atoms with Crippen LogP contribution in [-0.4, -0.2) is 0 Å². The molecule has 0 aliphatic carbocycles. The third-order valence-electron chi connectivity index (χ3n) is 2.83. The van der Waals surface area contributed by atoms with E-state index in [-0.39, 0.29) is 34.1 Å². The Bertz CT molecular complexity index is 790. The Kier molecular flexibility index (Phi) is 14.3. The number of hydrogen-bond donors (Lipinski definition) is 0. The van der Waals surface area contributed by atoms with Crippen LogP contribution in [0.1, 0.15) is 0 Å². The molecule has 4 rings (SSSR count). The molecular weight excluding hydrogens is 537 g/mol. The van der Waals surface area contributed by atoms with Crippen molar-refractivity contribution in [2.24, 2.45) is 0 Å². The molecule has 0 spiro atoms. The van der Waals surface area contributed by atoms with Gasteiger partial charge >= 0.3 is 33.0 Å². The molecule has 0 saturated heterocycles. The van der Waals surface area contributed by atoms with Crippen LogP contribution < -0.4 is 4.74 Å². The zero-order valence-electron chi connectivity index (χ0n) is 16.4. The van der Waals surface area contributed by atoms with Gasteiger partial charge < -0.3 is 4.74 Å². The van der Waals surface area contributed by atoms with Crippen LogP contribution in [0.25, 0.3) is 0 Å². The van der Waals surface area contributed by atoms with Crippen molar-refractivity contribution in [1.29, 1.82) is 0 Å². The van der Waals surface area contributed by atoms with Crippen molar-refractivity contribution in [3.8, 4) is 11.5 Å². The first-order chi connectivity index (χ1) is 13.9. The summed E-state index contributed by atoms with van der Waals surface area (Å²) in [5.74, 6) is 1.74. The Morgan fingerprint density at radius 2 is 0.719 bits per heavy atom. The Hall–Kier alpha value is -2.01. The predicted octanol–water partition coefficient (Wildman–Crippen LogP) is 9.67. The maximum Gasteiger partial charge on any atom is 0.127 e. The second-order valence-corrected chi connectivity index (χ2v) is 7.53. The molecule has 1 nitrogen and oxygen atoms in total. The molecule has 180 valence electrons. The molecule has 4 aromatic carbocycles. The summed E-state index contributed by atoms with van der Waals surface area (Å²) in [5, 5.41) is 0. The molecule has 10 heteroatoms. The van der Waals surface area contributed by atoms with Gasteiger partial charge in [-0.1, -0.05) is 36.4 Å². The number of ether oxygens (including phenoxy) is 1. The molecule has 32 heavy (non-hydrogen) atoms. The van der Waals surface area contributed by atoms with E-state index in [1.165, 1.54) is 0 Å². The van der Waals surface area contributed by atoms with Gasteiger partial charge in [0.1, 0.15) is 11.5 Å². The number of rotatable bonds is 2. The first kappa shape index (κ1) is 32.2. The largest absolute Gasteiger partial charge is 0.457 e. The van der Waals surface area contributed by atoms with E-state index in [0.717, 1.165) is 11.5 Å². The average molecular weight is 557 g/mol. The van der Waals surface area contributed by atoms with E-state index in [1.807, 2.05) is 121 Å². The molecule has 0 bridgehead atoms. The summed E-state index contributed by atoms with van der Waals surface area (Å²) >= 11 is 0. The minimum Gasteiger partial charge on any atom is -0.457 e. The molecule has 0 radical (unpaired) electrons. The normalized spacial score (nSPS) is 11.4. The van der Waals surface area contributed by atoms with Crippen molar-refractivity contribution in [2.45, 2.75) is 0 Å². The molecule has 0 aliphatic rings. The summed E-state index contributed by atoms with van der Waals surface area (Å²) < 4.78 is 64.8. The fraction of sp³-hybridized carbons (Fsp3) is 0. The maximum absolute atomic E-state index is 10.7. The zero-order chi connectivity index (χ0) is 22.4. The van der Waals surface area contributed by atoms with Crippen LogP contribution in [0.2, 0.25) is 0 Å². The molecule has 0 amide bonds. The third-order valence-corrected chi connectivity index (χ3v) is 2.83. The third kappa shape index (κ3) is 26.0. The van der Waals surface area contributed by atoms with Gasteiger partial charge in [0.2, 0.25) is 0 Å². The van der Waals surface area contributed by atoms with E-state index < -0.39 is 7.81 Å². The van der Waals surface area contributed by atoms with Gasteiger partial charge in [0.05, 0.1) is 0 Å². The average Bonchev–Trinajstić information content (AvgIpc) is 3.40. The van der Waals surface area contributed by atoms with Gasteiger partial charge in [-0.15, -0.1) is 0 Å². The molecule has 0 atom stereocenters. The molecule has 0 fully saturated rings. The molecule has 0 aromatic heterocycles. The van der Waals surface area contributed by atoms with Gasteiger partial charge in [-0.05, 0) is 24.3 Å². The SMILES string of the molecule is F[P-](F)(F)(F)(F)F.[Fe].[Fe].c1cc[cH-]c1.c1cc[cH-]c1.c1ccc(Oc2ccccc2)cc1. The van der Waals surface area contributed by atoms with Gasteiger partial charge in [0.25, 0.3) is 0 Å². The second kappa shape index (κ2) is 14.2. The zero-order valence-corrected chi connectivity index (χ0v) is 19.5. The quantitative estimate of drug-likeness (QED) is 0.103. The fourth-order valence-corrected chi connectivity index (χ4v) is 1.75. The van der Waals surface area contributed by atoms with Crippen molar-refractivity contribution in [2.75, 3.05) is 0 Å². The van der Waals surface area contributed by atoms with Crippen LogP contribution in [0.5, 0.6) is 11.5 Å². The van der Waals surface area contributed by atoms with Gasteiger partial charge in [-0.3, -0.25) is 0 Å². The van der Waals surface area contributed by atoms with Crippen molar-refractivity contribution < 1.29 is 64.1 Å². The standard InChI is InChI=1S/C12H10O.2C5H5.F6P.2Fe/c1-3-7-11(8-4-1)13-12-9-5-2-6-10-12;2*1-2-4-5-3-1;1-7(2,3,4,5)6;;/h1-10H;2*1-5H;;;/q;3*-1;;. The van der Waals surface area contributed by atoms with Crippen LogP contribution in [0.15, 0.2) is 121 Å². The Balaban J connectivity index is 0. The Morgan fingerprint density at radius 1 is 0.469 bits per heavy atom. The van der Waals surface area contributed by atoms with Gasteiger partial charge in [-0.25, -0.2) is 24.3 Å². The van der Waals surface area contributed by atoms with E-state index >= 15 is 0 Å². The van der Waals surface area contributed by atoms with Gasteiger partial charge in [-0.2, -0.15) is 36.4 Å². The van der Waals surface area contributed by atoms with Crippen LogP contribution in [0.4, 0.5) is 25.2 Å². The van der Waals surface area contributed by atoms with Crippen molar-refractivity contribution in [3.63, 3.8) is 0 Å². The first-order valence-corrected chi connectivity index (χ1v) is 10.6. The van der Waals surface area contributed by atoms with Crippen molar-refractivity contribution in [3.05, 3.63) is 121 Å². The van der Waals surface area contributed by atoms with Gasteiger partial charge in [0.15, 0.2) is 0 Å². The molecule has 4 aromatic rings. The second-order valence-electron chi connectivity index (χ2n) is 5.61. The molecule has 0 saturated carbocycles. The summed E-state index contributed by atoms with van der Waals surface area (Å²) in [6.07, 6.45) is 0. The monoisotopic (exact) mass is 557 g/mol. The van der Waals surface area contributed by atoms with Crippen LogP contribution in [0.3, 0.4) is 0 Å². The molecule has 0 heterocycles. The van der Waals surface area contributed by atoms with E-state index in [2.05, 4.69) is 0 Å². The summed E-state index contributed by atoms with van der Waals surface area (Å²) in [5.41, 5.74) is 0. The molecule has 0 aliphatic heterocycles. The topological polar surface area (TPSA) is 9.23 Å². The van der Waals surface area contributed by atoms with Crippen LogP contribution in [-0.2, 0) is 34.1 Å². The molecular formula is C22H20F6Fe2OP-3. The number of para-hydroxylation sites is 2. The first-order valence-electron chi connectivity index (χ1n) is 8.58. The summed E-state index contributed by atoms with van der Waals surface area (Å²) in [7, 11) is -10.7. The van der Waals surface area contributed by atoms with Crippen LogP contribution >= 0.6 is 7.81 Å². The summed E-state index contributed by atoms with van der Waals surface area (Å²) in [4.78, 5) is 0. The van der Waals surface area contributed by atoms with E-state index in [1.54, 1.807) is 0 Å². The van der Waals surface area contributed by atoms with Crippen molar-refractivity contribution in [1.82, 2.24) is 0 Å². The van der Waals surface area contributed by atoms with Gasteiger partial charge in [0, 0.05) is 34.1 Å². The Labute approximate surface area is 204 Å². The Morgan fingerprint density at radius 3 is 0.906 bits per heavy atom. The maximum atomic E-state index is 9.87. The smallest absolute Gasteiger partial charge is 0.127 e. The van der Waals surface area contributed by atoms with Crippen molar-refractivity contribution >= 4 is 7.81 Å². The minimum atomic E-state index is -10.7. The fourth-order valence-electron chi connectivity index (χ4n) is 1.75. The van der Waals surface area contributed by atoms with Crippen LogP contribution in [0, 0.1) is 0 Å². The van der Waals surface area contributed by atoms with E-state index in [4.69, 9.17) is 4.74 Å². The number of halogens is 6. The summed E-state index contributed by atoms with van der Waals surface area (Å²) in [6, 6.07) is 39.5. The number of benzene rings is 2. The molecule has 0 N–H and O–H groups in total. The number of hydrogen-bond acceptors (Lipinski definition) is 1. The summed E-state index contributed by atoms with van der Waals surface area (Å²) in [6.45, 7) is 0. The van der Waals surface area contributed by atoms with E-state index in [9.17, 15) is 25.2 Å². The predicted molar refractivity (Wildman–Crippen MR) is 111 cm³/mol. The molecule has 0 unspecified atom stereocenters.